The van der Waals surface area contributed by atoms with Gasteiger partial charge in [-0.3, -0.25) is 9.59 Å². The second kappa shape index (κ2) is 11.5. The van der Waals surface area contributed by atoms with Crippen LogP contribution in [0.2, 0.25) is 0 Å². The zero-order chi connectivity index (χ0) is 15.4. The number of hydrogen-bond acceptors (Lipinski definition) is 3. The van der Waals surface area contributed by atoms with Crippen LogP contribution in [0.4, 0.5) is 0 Å². The second-order valence-electron chi connectivity index (χ2n) is 4.92. The lowest BCUT2D eigenvalue weighted by molar-refractivity contribution is -0.136. The highest BCUT2D eigenvalue weighted by molar-refractivity contribution is 5.87. The molecule has 1 aliphatic rings. The number of carbonyl (C=O) groups excluding carboxylic acids is 2. The molecule has 1 fully saturated rings. The number of primary amides is 1. The maximum Gasteiger partial charge on any atom is 0.240 e. The SMILES string of the molecule is C/C=C\CCCCC.NCC(=O)N1CCC[C@H]1C(N)=O. The zero-order valence-corrected chi connectivity index (χ0v) is 12.8. The number of hydrogen-bond donors (Lipinski definition) is 2. The molecule has 1 heterocycles. The highest BCUT2D eigenvalue weighted by Gasteiger charge is 2.31. The van der Waals surface area contributed by atoms with Gasteiger partial charge in [-0.15, -0.1) is 0 Å². The largest absolute Gasteiger partial charge is 0.368 e. The van der Waals surface area contributed by atoms with Crippen molar-refractivity contribution in [1.82, 2.24) is 4.90 Å². The average Bonchev–Trinajstić information content (AvgIpc) is 2.93. The molecule has 0 radical (unpaired) electrons. The summed E-state index contributed by atoms with van der Waals surface area (Å²) in [6, 6.07) is -0.430. The number of nitrogens with zero attached hydrogens (tertiary/aromatic N) is 1. The van der Waals surface area contributed by atoms with E-state index in [1.807, 2.05) is 0 Å². The topological polar surface area (TPSA) is 89.4 Å². The summed E-state index contributed by atoms with van der Waals surface area (Å²) in [5.74, 6) is -0.634. The Hall–Kier alpha value is -1.36. The number of nitrogens with two attached hydrogens (primary N) is 2. The quantitative estimate of drug-likeness (QED) is 0.572. The Bertz CT molecular complexity index is 316. The van der Waals surface area contributed by atoms with E-state index >= 15 is 0 Å². The Morgan fingerprint density at radius 2 is 2.05 bits per heavy atom. The summed E-state index contributed by atoms with van der Waals surface area (Å²) in [6.07, 6.45) is 11.2. The third-order valence-electron chi connectivity index (χ3n) is 3.29. The van der Waals surface area contributed by atoms with Gasteiger partial charge in [0, 0.05) is 6.54 Å². The van der Waals surface area contributed by atoms with Gasteiger partial charge in [-0.25, -0.2) is 0 Å². The van der Waals surface area contributed by atoms with Crippen molar-refractivity contribution in [3.63, 3.8) is 0 Å². The summed E-state index contributed by atoms with van der Waals surface area (Å²) in [6.45, 7) is 4.86. The molecule has 0 spiro atoms. The number of rotatable bonds is 6. The highest BCUT2D eigenvalue weighted by Crippen LogP contribution is 2.16. The number of allylic oxidation sites excluding steroid dienone is 2. The van der Waals surface area contributed by atoms with Gasteiger partial charge < -0.3 is 16.4 Å². The van der Waals surface area contributed by atoms with E-state index in [1.54, 1.807) is 0 Å². The molecule has 0 aromatic carbocycles. The van der Waals surface area contributed by atoms with E-state index in [-0.39, 0.29) is 12.5 Å². The number of amides is 2. The normalized spacial score (nSPS) is 17.9. The molecule has 0 unspecified atom stereocenters. The summed E-state index contributed by atoms with van der Waals surface area (Å²) >= 11 is 0. The lowest BCUT2D eigenvalue weighted by Crippen LogP contribution is -2.45. The number of likely N-dealkylation sites (tertiary alicyclic amines) is 1. The number of unbranched alkanes of at least 4 members (excludes halogenated alkanes) is 3. The molecule has 0 saturated carbocycles. The number of carbonyl (C=O) groups is 2. The molecular weight excluding hydrogens is 254 g/mol. The van der Waals surface area contributed by atoms with Crippen LogP contribution < -0.4 is 11.5 Å². The molecule has 116 valence electrons. The maximum atomic E-state index is 11.1. The van der Waals surface area contributed by atoms with Crippen LogP contribution >= 0.6 is 0 Å². The summed E-state index contributed by atoms with van der Waals surface area (Å²) in [4.78, 5) is 23.4. The van der Waals surface area contributed by atoms with Crippen LogP contribution in [0.5, 0.6) is 0 Å². The molecule has 1 saturated heterocycles. The van der Waals surface area contributed by atoms with Crippen molar-refractivity contribution in [3.8, 4) is 0 Å². The first-order chi connectivity index (χ1) is 9.58. The van der Waals surface area contributed by atoms with E-state index in [0.29, 0.717) is 13.0 Å². The first kappa shape index (κ1) is 18.6. The molecule has 0 aromatic rings. The molecule has 0 aromatic heterocycles. The average molecular weight is 283 g/mol. The van der Waals surface area contributed by atoms with E-state index in [1.165, 1.54) is 30.6 Å². The first-order valence-corrected chi connectivity index (χ1v) is 7.48. The Morgan fingerprint density at radius 3 is 2.55 bits per heavy atom. The van der Waals surface area contributed by atoms with Gasteiger partial charge in [-0.2, -0.15) is 0 Å². The zero-order valence-electron chi connectivity index (χ0n) is 12.8. The van der Waals surface area contributed by atoms with Crippen LogP contribution in [0.1, 0.15) is 52.4 Å². The monoisotopic (exact) mass is 283 g/mol. The first-order valence-electron chi connectivity index (χ1n) is 7.48. The minimum Gasteiger partial charge on any atom is -0.368 e. The third-order valence-corrected chi connectivity index (χ3v) is 3.29. The van der Waals surface area contributed by atoms with Gasteiger partial charge >= 0.3 is 0 Å². The molecule has 1 atom stereocenters. The van der Waals surface area contributed by atoms with Gasteiger partial charge in [0.2, 0.25) is 11.8 Å². The van der Waals surface area contributed by atoms with E-state index < -0.39 is 11.9 Å². The van der Waals surface area contributed by atoms with Crippen molar-refractivity contribution in [3.05, 3.63) is 12.2 Å². The van der Waals surface area contributed by atoms with Crippen molar-refractivity contribution in [2.75, 3.05) is 13.1 Å². The Kier molecular flexibility index (Phi) is 10.7. The van der Waals surface area contributed by atoms with Crippen LogP contribution in [-0.4, -0.2) is 35.8 Å². The van der Waals surface area contributed by atoms with Crippen LogP contribution in [0, 0.1) is 0 Å². The van der Waals surface area contributed by atoms with Crippen LogP contribution in [0.15, 0.2) is 12.2 Å². The van der Waals surface area contributed by atoms with Crippen molar-refractivity contribution >= 4 is 11.8 Å². The maximum absolute atomic E-state index is 11.1. The highest BCUT2D eigenvalue weighted by atomic mass is 16.2. The second-order valence-corrected chi connectivity index (χ2v) is 4.92. The van der Waals surface area contributed by atoms with Crippen LogP contribution in [-0.2, 0) is 9.59 Å². The summed E-state index contributed by atoms with van der Waals surface area (Å²) in [5, 5.41) is 0. The molecule has 4 N–H and O–H groups in total. The third kappa shape index (κ3) is 7.28. The lowest BCUT2D eigenvalue weighted by Gasteiger charge is -2.20. The van der Waals surface area contributed by atoms with Crippen LogP contribution in [0.25, 0.3) is 0 Å². The fourth-order valence-corrected chi connectivity index (χ4v) is 2.16. The molecular formula is C15H29N3O2. The van der Waals surface area contributed by atoms with E-state index in [4.69, 9.17) is 11.5 Å². The molecule has 0 bridgehead atoms. The van der Waals surface area contributed by atoms with Gasteiger partial charge in [0.15, 0.2) is 0 Å². The predicted octanol–water partition coefficient (Wildman–Crippen LogP) is 1.56. The van der Waals surface area contributed by atoms with Crippen molar-refractivity contribution < 1.29 is 9.59 Å². The summed E-state index contributed by atoms with van der Waals surface area (Å²) in [7, 11) is 0. The molecule has 2 amide bonds. The molecule has 0 aliphatic carbocycles. The standard InChI is InChI=1S/C8H16.C7H13N3O2/c1-3-5-7-8-6-4-2;8-4-6(11)10-3-1-2-5(10)7(9)12/h3,5H,4,6-8H2,1-2H3;5H,1-4,8H2,(H2,9,12)/b5-3-;/t;5-/m.0/s1. The van der Waals surface area contributed by atoms with E-state index in [0.717, 1.165) is 6.42 Å². The van der Waals surface area contributed by atoms with Gasteiger partial charge in [0.1, 0.15) is 6.04 Å². The lowest BCUT2D eigenvalue weighted by atomic mass is 10.2. The molecule has 1 aliphatic heterocycles. The minimum absolute atomic E-state index is 0.0518. The van der Waals surface area contributed by atoms with Crippen molar-refractivity contribution in [2.45, 2.75) is 58.4 Å². The Morgan fingerprint density at radius 1 is 1.35 bits per heavy atom. The predicted molar refractivity (Wildman–Crippen MR) is 81.9 cm³/mol. The van der Waals surface area contributed by atoms with E-state index in [9.17, 15) is 9.59 Å². The fraction of sp³-hybridized carbons (Fsp3) is 0.733. The Labute approximate surface area is 122 Å². The van der Waals surface area contributed by atoms with Gasteiger partial charge in [-0.1, -0.05) is 31.9 Å². The Balaban J connectivity index is 0.000000396. The molecule has 5 nitrogen and oxygen atoms in total. The van der Waals surface area contributed by atoms with Gasteiger partial charge in [0.05, 0.1) is 6.54 Å². The molecule has 20 heavy (non-hydrogen) atoms. The van der Waals surface area contributed by atoms with Crippen LogP contribution in [0.3, 0.4) is 0 Å². The smallest absolute Gasteiger partial charge is 0.240 e. The van der Waals surface area contributed by atoms with Gasteiger partial charge in [-0.05, 0) is 32.6 Å². The molecule has 1 rings (SSSR count). The van der Waals surface area contributed by atoms with Crippen molar-refractivity contribution in [2.24, 2.45) is 11.5 Å². The minimum atomic E-state index is -0.436. The van der Waals surface area contributed by atoms with E-state index in [2.05, 4.69) is 26.0 Å². The van der Waals surface area contributed by atoms with Gasteiger partial charge in [0.25, 0.3) is 0 Å². The fourth-order valence-electron chi connectivity index (χ4n) is 2.16. The summed E-state index contributed by atoms with van der Waals surface area (Å²) in [5.41, 5.74) is 10.3. The molecule has 5 heteroatoms. The van der Waals surface area contributed by atoms with Crippen molar-refractivity contribution in [1.29, 1.82) is 0 Å². The summed E-state index contributed by atoms with van der Waals surface area (Å²) < 4.78 is 0.